The van der Waals surface area contributed by atoms with E-state index in [0.29, 0.717) is 30.9 Å². The lowest BCUT2D eigenvalue weighted by atomic mass is 10.1. The Labute approximate surface area is 186 Å². The van der Waals surface area contributed by atoms with Gasteiger partial charge in [0.05, 0.1) is 11.4 Å². The standard InChI is InChI=1S/C24H33N3O3S/c1-19(2)27(22-11-7-8-12-22)18-24(28)25-21-13-15-23(16-14-21)31(29,30)26(3)17-20-9-5-4-6-10-20/h4-6,9-10,13-16,19,22H,7-8,11-12,17-18H2,1-3H3,(H,25,28). The number of hydrogen-bond acceptors (Lipinski definition) is 4. The first-order valence-corrected chi connectivity index (χ1v) is 12.4. The van der Waals surface area contributed by atoms with E-state index in [9.17, 15) is 13.2 Å². The van der Waals surface area contributed by atoms with E-state index in [4.69, 9.17) is 0 Å². The van der Waals surface area contributed by atoms with E-state index < -0.39 is 10.0 Å². The summed E-state index contributed by atoms with van der Waals surface area (Å²) in [5, 5.41) is 2.91. The lowest BCUT2D eigenvalue weighted by Crippen LogP contribution is -2.43. The van der Waals surface area contributed by atoms with E-state index in [1.807, 2.05) is 30.3 Å². The molecule has 0 bridgehead atoms. The topological polar surface area (TPSA) is 69.7 Å². The van der Waals surface area contributed by atoms with Gasteiger partial charge in [0.15, 0.2) is 0 Å². The molecule has 2 aromatic carbocycles. The molecule has 0 unspecified atom stereocenters. The van der Waals surface area contributed by atoms with Crippen LogP contribution >= 0.6 is 0 Å². The van der Waals surface area contributed by atoms with Crippen molar-refractivity contribution in [2.45, 2.75) is 63.1 Å². The van der Waals surface area contributed by atoms with Gasteiger partial charge in [-0.2, -0.15) is 4.31 Å². The number of anilines is 1. The monoisotopic (exact) mass is 443 g/mol. The maximum absolute atomic E-state index is 12.9. The van der Waals surface area contributed by atoms with Gasteiger partial charge in [0.1, 0.15) is 0 Å². The molecule has 1 aliphatic carbocycles. The largest absolute Gasteiger partial charge is 0.325 e. The van der Waals surface area contributed by atoms with E-state index in [2.05, 4.69) is 24.1 Å². The van der Waals surface area contributed by atoms with Gasteiger partial charge in [-0.05, 0) is 56.5 Å². The van der Waals surface area contributed by atoms with Crippen molar-refractivity contribution >= 4 is 21.6 Å². The highest BCUT2D eigenvalue weighted by atomic mass is 32.2. The fourth-order valence-electron chi connectivity index (χ4n) is 4.15. The summed E-state index contributed by atoms with van der Waals surface area (Å²) >= 11 is 0. The van der Waals surface area contributed by atoms with E-state index in [-0.39, 0.29) is 10.8 Å². The van der Waals surface area contributed by atoms with Gasteiger partial charge >= 0.3 is 0 Å². The normalized spacial score (nSPS) is 15.2. The highest BCUT2D eigenvalue weighted by molar-refractivity contribution is 7.89. The molecule has 0 aliphatic heterocycles. The van der Waals surface area contributed by atoms with Crippen LogP contribution in [0.3, 0.4) is 0 Å². The molecule has 0 aromatic heterocycles. The van der Waals surface area contributed by atoms with Gasteiger partial charge < -0.3 is 5.32 Å². The lowest BCUT2D eigenvalue weighted by Gasteiger charge is -2.31. The zero-order valence-corrected chi connectivity index (χ0v) is 19.4. The Bertz CT molecular complexity index is 953. The second kappa shape index (κ2) is 10.4. The fraction of sp³-hybridized carbons (Fsp3) is 0.458. The average molecular weight is 444 g/mol. The molecule has 7 heteroatoms. The van der Waals surface area contributed by atoms with Gasteiger partial charge in [-0.15, -0.1) is 0 Å². The first kappa shape index (κ1) is 23.4. The van der Waals surface area contributed by atoms with Gasteiger partial charge in [-0.25, -0.2) is 8.42 Å². The van der Waals surface area contributed by atoms with Crippen LogP contribution in [0.5, 0.6) is 0 Å². The molecule has 1 aliphatic rings. The van der Waals surface area contributed by atoms with Gasteiger partial charge in [0, 0.05) is 31.4 Å². The van der Waals surface area contributed by atoms with E-state index in [1.54, 1.807) is 31.3 Å². The molecule has 168 valence electrons. The molecule has 0 radical (unpaired) electrons. The number of carbonyl (C=O) groups excluding carboxylic acids is 1. The number of hydrogen-bond donors (Lipinski definition) is 1. The Morgan fingerprint density at radius 2 is 1.65 bits per heavy atom. The summed E-state index contributed by atoms with van der Waals surface area (Å²) in [4.78, 5) is 15.1. The van der Waals surface area contributed by atoms with Crippen LogP contribution in [0, 0.1) is 0 Å². The minimum Gasteiger partial charge on any atom is -0.325 e. The molecule has 31 heavy (non-hydrogen) atoms. The van der Waals surface area contributed by atoms with Crippen molar-refractivity contribution in [3.05, 3.63) is 60.2 Å². The number of carbonyl (C=O) groups is 1. The molecule has 6 nitrogen and oxygen atoms in total. The quantitative estimate of drug-likeness (QED) is 0.634. The number of amides is 1. The zero-order valence-electron chi connectivity index (χ0n) is 18.6. The zero-order chi connectivity index (χ0) is 22.4. The summed E-state index contributed by atoms with van der Waals surface area (Å²) in [5.74, 6) is -0.0718. The van der Waals surface area contributed by atoms with Crippen LogP contribution in [-0.2, 0) is 21.4 Å². The third kappa shape index (κ3) is 6.15. The minimum atomic E-state index is -3.61. The van der Waals surface area contributed by atoms with E-state index in [1.165, 1.54) is 17.1 Å². The number of rotatable bonds is 9. The fourth-order valence-corrected chi connectivity index (χ4v) is 5.31. The molecule has 0 atom stereocenters. The summed E-state index contributed by atoms with van der Waals surface area (Å²) in [7, 11) is -2.04. The third-order valence-electron chi connectivity index (χ3n) is 5.88. The van der Waals surface area contributed by atoms with Crippen molar-refractivity contribution in [1.29, 1.82) is 0 Å². The molecule has 0 spiro atoms. The Kier molecular flexibility index (Phi) is 7.86. The lowest BCUT2D eigenvalue weighted by molar-refractivity contribution is -0.118. The molecule has 1 amide bonds. The predicted molar refractivity (Wildman–Crippen MR) is 124 cm³/mol. The average Bonchev–Trinajstić information content (AvgIpc) is 3.27. The van der Waals surface area contributed by atoms with Gasteiger partial charge in [0.25, 0.3) is 0 Å². The maximum atomic E-state index is 12.9. The SMILES string of the molecule is CC(C)N(CC(=O)Nc1ccc(S(=O)(=O)N(C)Cc2ccccc2)cc1)C1CCCC1. The summed E-state index contributed by atoms with van der Waals surface area (Å²) in [6, 6.07) is 16.6. The van der Waals surface area contributed by atoms with Crippen LogP contribution in [-0.4, -0.2) is 49.2 Å². The Balaban J connectivity index is 1.61. The van der Waals surface area contributed by atoms with Crippen molar-refractivity contribution in [1.82, 2.24) is 9.21 Å². The summed E-state index contributed by atoms with van der Waals surface area (Å²) in [5.41, 5.74) is 1.53. The molecule has 1 N–H and O–H groups in total. The van der Waals surface area contributed by atoms with Gasteiger partial charge in [0.2, 0.25) is 15.9 Å². The van der Waals surface area contributed by atoms with Gasteiger partial charge in [-0.3, -0.25) is 9.69 Å². The molecular weight excluding hydrogens is 410 g/mol. The molecule has 0 saturated heterocycles. The molecule has 2 aromatic rings. The summed E-state index contributed by atoms with van der Waals surface area (Å²) in [6.07, 6.45) is 4.75. The number of benzene rings is 2. The van der Waals surface area contributed by atoms with Crippen molar-refractivity contribution in [3.8, 4) is 0 Å². The highest BCUT2D eigenvalue weighted by Gasteiger charge is 2.26. The predicted octanol–water partition coefficient (Wildman–Crippen LogP) is 4.10. The Morgan fingerprint density at radius 3 is 2.23 bits per heavy atom. The smallest absolute Gasteiger partial charge is 0.243 e. The van der Waals surface area contributed by atoms with Crippen LogP contribution in [0.1, 0.15) is 45.1 Å². The van der Waals surface area contributed by atoms with E-state index >= 15 is 0 Å². The highest BCUT2D eigenvalue weighted by Crippen LogP contribution is 2.25. The number of nitrogens with zero attached hydrogens (tertiary/aromatic N) is 2. The maximum Gasteiger partial charge on any atom is 0.243 e. The second-order valence-electron chi connectivity index (χ2n) is 8.52. The Hall–Kier alpha value is -2.22. The summed E-state index contributed by atoms with van der Waals surface area (Å²) < 4.78 is 27.1. The van der Waals surface area contributed by atoms with Crippen LogP contribution < -0.4 is 5.32 Å². The molecular formula is C24H33N3O3S. The van der Waals surface area contributed by atoms with E-state index in [0.717, 1.165) is 18.4 Å². The third-order valence-corrected chi connectivity index (χ3v) is 7.70. The van der Waals surface area contributed by atoms with Crippen LogP contribution in [0.4, 0.5) is 5.69 Å². The van der Waals surface area contributed by atoms with Crippen molar-refractivity contribution in [2.75, 3.05) is 18.9 Å². The minimum absolute atomic E-state index is 0.0718. The van der Waals surface area contributed by atoms with Gasteiger partial charge in [-0.1, -0.05) is 43.2 Å². The van der Waals surface area contributed by atoms with Crippen molar-refractivity contribution < 1.29 is 13.2 Å². The van der Waals surface area contributed by atoms with Crippen molar-refractivity contribution in [2.24, 2.45) is 0 Å². The first-order valence-electron chi connectivity index (χ1n) is 10.9. The molecule has 0 heterocycles. The molecule has 1 fully saturated rings. The van der Waals surface area contributed by atoms with Crippen LogP contribution in [0.2, 0.25) is 0 Å². The number of nitrogens with one attached hydrogen (secondary N) is 1. The summed E-state index contributed by atoms with van der Waals surface area (Å²) in [6.45, 7) is 4.89. The van der Waals surface area contributed by atoms with Crippen molar-refractivity contribution in [3.63, 3.8) is 0 Å². The number of sulfonamides is 1. The first-order chi connectivity index (χ1) is 14.8. The second-order valence-corrected chi connectivity index (χ2v) is 10.6. The van der Waals surface area contributed by atoms with Crippen LogP contribution in [0.25, 0.3) is 0 Å². The van der Waals surface area contributed by atoms with Crippen LogP contribution in [0.15, 0.2) is 59.5 Å². The molecule has 3 rings (SSSR count). The Morgan fingerprint density at radius 1 is 1.03 bits per heavy atom. The molecule has 1 saturated carbocycles.